The normalized spacial score (nSPS) is 11.6. The van der Waals surface area contributed by atoms with E-state index in [1.54, 1.807) is 0 Å². The van der Waals surface area contributed by atoms with E-state index in [4.69, 9.17) is 5.73 Å². The van der Waals surface area contributed by atoms with E-state index in [1.807, 2.05) is 6.92 Å². The first-order valence-electron chi connectivity index (χ1n) is 6.42. The summed E-state index contributed by atoms with van der Waals surface area (Å²) in [5, 5.41) is 0. The monoisotopic (exact) mass is 256 g/mol. The van der Waals surface area contributed by atoms with E-state index in [1.165, 1.54) is 5.56 Å². The third-order valence-electron chi connectivity index (χ3n) is 2.99. The third kappa shape index (κ3) is 3.15. The predicted octanol–water partition coefficient (Wildman–Crippen LogP) is 2.60. The van der Waals surface area contributed by atoms with Crippen molar-refractivity contribution in [2.24, 2.45) is 5.73 Å². The van der Waals surface area contributed by atoms with Crippen LogP contribution in [-0.4, -0.2) is 15.0 Å². The standard InChI is InChI=1S/C15H20N4/c1-10-17-13(9-16)19-14(18-10)11-5-7-12(8-6-11)15(2,3)4/h5-8H,9,16H2,1-4H3. The zero-order chi connectivity index (χ0) is 14.0. The molecule has 2 rings (SSSR count). The van der Waals surface area contributed by atoms with Crippen LogP contribution in [0.2, 0.25) is 0 Å². The molecule has 0 saturated heterocycles. The summed E-state index contributed by atoms with van der Waals surface area (Å²) in [6, 6.07) is 8.35. The second-order valence-corrected chi connectivity index (χ2v) is 5.65. The summed E-state index contributed by atoms with van der Waals surface area (Å²) in [6.07, 6.45) is 0. The highest BCUT2D eigenvalue weighted by atomic mass is 15.0. The van der Waals surface area contributed by atoms with Crippen molar-refractivity contribution in [2.75, 3.05) is 0 Å². The average molecular weight is 256 g/mol. The number of rotatable bonds is 2. The lowest BCUT2D eigenvalue weighted by Gasteiger charge is -2.19. The minimum Gasteiger partial charge on any atom is -0.324 e. The summed E-state index contributed by atoms with van der Waals surface area (Å²) in [4.78, 5) is 12.9. The number of aromatic nitrogens is 3. The maximum atomic E-state index is 5.59. The van der Waals surface area contributed by atoms with Gasteiger partial charge in [-0.15, -0.1) is 0 Å². The molecule has 2 N–H and O–H groups in total. The minimum absolute atomic E-state index is 0.149. The summed E-state index contributed by atoms with van der Waals surface area (Å²) in [5.74, 6) is 2.01. The van der Waals surface area contributed by atoms with Gasteiger partial charge >= 0.3 is 0 Å². The maximum absolute atomic E-state index is 5.59. The van der Waals surface area contributed by atoms with Crippen LogP contribution in [0.15, 0.2) is 24.3 Å². The van der Waals surface area contributed by atoms with Gasteiger partial charge in [0.15, 0.2) is 5.82 Å². The molecular weight excluding hydrogens is 236 g/mol. The van der Waals surface area contributed by atoms with Crippen LogP contribution in [0.1, 0.15) is 38.0 Å². The van der Waals surface area contributed by atoms with Gasteiger partial charge < -0.3 is 5.73 Å². The molecule has 4 nitrogen and oxygen atoms in total. The number of hydrogen-bond acceptors (Lipinski definition) is 4. The quantitative estimate of drug-likeness (QED) is 0.897. The molecule has 4 heteroatoms. The Labute approximate surface area is 114 Å². The molecule has 0 atom stereocenters. The van der Waals surface area contributed by atoms with E-state index < -0.39 is 0 Å². The van der Waals surface area contributed by atoms with Crippen LogP contribution in [-0.2, 0) is 12.0 Å². The fraction of sp³-hybridized carbons (Fsp3) is 0.400. The number of nitrogens with zero attached hydrogens (tertiary/aromatic N) is 3. The fourth-order valence-electron chi connectivity index (χ4n) is 1.88. The lowest BCUT2D eigenvalue weighted by Crippen LogP contribution is -2.11. The van der Waals surface area contributed by atoms with Crippen LogP contribution in [0.25, 0.3) is 11.4 Å². The van der Waals surface area contributed by atoms with Crippen molar-refractivity contribution in [1.29, 1.82) is 0 Å². The molecule has 100 valence electrons. The summed E-state index contributed by atoms with van der Waals surface area (Å²) >= 11 is 0. The molecule has 0 radical (unpaired) electrons. The van der Waals surface area contributed by atoms with E-state index in [-0.39, 0.29) is 5.41 Å². The predicted molar refractivity (Wildman–Crippen MR) is 76.6 cm³/mol. The highest BCUT2D eigenvalue weighted by Gasteiger charge is 2.13. The van der Waals surface area contributed by atoms with Gasteiger partial charge in [-0.1, -0.05) is 45.0 Å². The Morgan fingerprint density at radius 3 is 2.16 bits per heavy atom. The van der Waals surface area contributed by atoms with Gasteiger partial charge in [-0.05, 0) is 17.9 Å². The van der Waals surface area contributed by atoms with Crippen molar-refractivity contribution in [3.8, 4) is 11.4 Å². The zero-order valence-corrected chi connectivity index (χ0v) is 11.9. The average Bonchev–Trinajstić information content (AvgIpc) is 2.37. The molecule has 0 fully saturated rings. The second kappa shape index (κ2) is 5.05. The van der Waals surface area contributed by atoms with Crippen molar-refractivity contribution in [2.45, 2.75) is 39.7 Å². The first kappa shape index (κ1) is 13.6. The summed E-state index contributed by atoms with van der Waals surface area (Å²) in [5.41, 5.74) is 8.03. The van der Waals surface area contributed by atoms with E-state index in [9.17, 15) is 0 Å². The highest BCUT2D eigenvalue weighted by molar-refractivity contribution is 5.55. The Kier molecular flexibility index (Phi) is 3.62. The molecule has 0 bridgehead atoms. The molecular formula is C15H20N4. The molecule has 0 aliphatic heterocycles. The van der Waals surface area contributed by atoms with Gasteiger partial charge in [0.2, 0.25) is 0 Å². The number of benzene rings is 1. The zero-order valence-electron chi connectivity index (χ0n) is 11.9. The largest absolute Gasteiger partial charge is 0.324 e. The number of aryl methyl sites for hydroxylation is 1. The van der Waals surface area contributed by atoms with Crippen LogP contribution in [0.4, 0.5) is 0 Å². The van der Waals surface area contributed by atoms with Crippen molar-refractivity contribution < 1.29 is 0 Å². The molecule has 0 aliphatic carbocycles. The van der Waals surface area contributed by atoms with Gasteiger partial charge in [-0.25, -0.2) is 15.0 Å². The molecule has 1 aromatic heterocycles. The van der Waals surface area contributed by atoms with E-state index in [0.29, 0.717) is 24.0 Å². The van der Waals surface area contributed by atoms with Gasteiger partial charge in [0.1, 0.15) is 11.6 Å². The lowest BCUT2D eigenvalue weighted by atomic mass is 9.87. The second-order valence-electron chi connectivity index (χ2n) is 5.65. The number of hydrogen-bond donors (Lipinski definition) is 1. The van der Waals surface area contributed by atoms with Gasteiger partial charge in [0.25, 0.3) is 0 Å². The molecule has 0 saturated carbocycles. The lowest BCUT2D eigenvalue weighted by molar-refractivity contribution is 0.590. The minimum atomic E-state index is 0.149. The molecule has 0 spiro atoms. The highest BCUT2D eigenvalue weighted by Crippen LogP contribution is 2.24. The molecule has 0 amide bonds. The maximum Gasteiger partial charge on any atom is 0.163 e. The summed E-state index contributed by atoms with van der Waals surface area (Å²) in [6.45, 7) is 8.77. The number of nitrogens with two attached hydrogens (primary N) is 1. The van der Waals surface area contributed by atoms with Crippen LogP contribution in [0.3, 0.4) is 0 Å². The summed E-state index contributed by atoms with van der Waals surface area (Å²) < 4.78 is 0. The van der Waals surface area contributed by atoms with Crippen LogP contribution < -0.4 is 5.73 Å². The van der Waals surface area contributed by atoms with Crippen molar-refractivity contribution >= 4 is 0 Å². The van der Waals surface area contributed by atoms with Gasteiger partial charge in [-0.3, -0.25) is 0 Å². The fourth-order valence-corrected chi connectivity index (χ4v) is 1.88. The van der Waals surface area contributed by atoms with Crippen LogP contribution >= 0.6 is 0 Å². The molecule has 2 aromatic rings. The Morgan fingerprint density at radius 1 is 1.00 bits per heavy atom. The Balaban J connectivity index is 2.40. The van der Waals surface area contributed by atoms with Gasteiger partial charge in [-0.2, -0.15) is 0 Å². The topological polar surface area (TPSA) is 64.7 Å². The Morgan fingerprint density at radius 2 is 1.63 bits per heavy atom. The third-order valence-corrected chi connectivity index (χ3v) is 2.99. The molecule has 19 heavy (non-hydrogen) atoms. The van der Waals surface area contributed by atoms with Crippen molar-refractivity contribution in [3.05, 3.63) is 41.5 Å². The summed E-state index contributed by atoms with van der Waals surface area (Å²) in [7, 11) is 0. The van der Waals surface area contributed by atoms with E-state index >= 15 is 0 Å². The Hall–Kier alpha value is -1.81. The first-order chi connectivity index (χ1) is 8.90. The van der Waals surface area contributed by atoms with Gasteiger partial charge in [0, 0.05) is 5.56 Å². The molecule has 1 heterocycles. The van der Waals surface area contributed by atoms with E-state index in [2.05, 4.69) is 60.0 Å². The van der Waals surface area contributed by atoms with Crippen LogP contribution in [0, 0.1) is 6.92 Å². The molecule has 0 aliphatic rings. The molecule has 0 unspecified atom stereocenters. The van der Waals surface area contributed by atoms with Crippen molar-refractivity contribution in [1.82, 2.24) is 15.0 Å². The van der Waals surface area contributed by atoms with E-state index in [0.717, 1.165) is 5.56 Å². The molecule has 1 aromatic carbocycles. The SMILES string of the molecule is Cc1nc(CN)nc(-c2ccc(C(C)(C)C)cc2)n1. The van der Waals surface area contributed by atoms with Gasteiger partial charge in [0.05, 0.1) is 6.54 Å². The Bertz CT molecular complexity index is 568. The van der Waals surface area contributed by atoms with Crippen LogP contribution in [0.5, 0.6) is 0 Å². The smallest absolute Gasteiger partial charge is 0.163 e. The first-order valence-corrected chi connectivity index (χ1v) is 6.42. The van der Waals surface area contributed by atoms with Crippen molar-refractivity contribution in [3.63, 3.8) is 0 Å².